The number of unbranched alkanes of at least 4 members (excludes halogenated alkanes) is 1. The van der Waals surface area contributed by atoms with Crippen LogP contribution < -0.4 is 10.5 Å². The maximum atomic E-state index is 5.70. The Bertz CT molecular complexity index is 458. The predicted molar refractivity (Wildman–Crippen MR) is 62.3 cm³/mol. The summed E-state index contributed by atoms with van der Waals surface area (Å²) in [5.74, 6) is 0.365. The first-order valence-electron chi connectivity index (χ1n) is 4.90. The van der Waals surface area contributed by atoms with Gasteiger partial charge in [0.1, 0.15) is 5.52 Å². The van der Waals surface area contributed by atoms with Crippen molar-refractivity contribution in [2.75, 3.05) is 12.3 Å². The van der Waals surface area contributed by atoms with Crippen molar-refractivity contribution in [1.82, 2.24) is 19.9 Å². The molecule has 0 aliphatic carbocycles. The fraction of sp³-hybridized carbons (Fsp3) is 0.444. The Morgan fingerprint density at radius 2 is 2.25 bits per heavy atom. The minimum absolute atomic E-state index is 0. The Labute approximate surface area is 115 Å². The van der Waals surface area contributed by atoms with Gasteiger partial charge in [-0.3, -0.25) is 0 Å². The SMILES string of the molecule is CCCCOc1nc(N)c2[nH]cnc2n1.[Na]. The normalized spacial score (nSPS) is 10.1. The van der Waals surface area contributed by atoms with E-state index < -0.39 is 0 Å². The number of rotatable bonds is 4. The van der Waals surface area contributed by atoms with Crippen LogP contribution in [0.2, 0.25) is 0 Å². The van der Waals surface area contributed by atoms with E-state index in [2.05, 4.69) is 26.9 Å². The topological polar surface area (TPSA) is 89.7 Å². The molecule has 81 valence electrons. The molecule has 0 fully saturated rings. The molecule has 0 aromatic carbocycles. The first kappa shape index (κ1) is 13.2. The minimum Gasteiger partial charge on any atom is -0.463 e. The van der Waals surface area contributed by atoms with Crippen LogP contribution in [0.3, 0.4) is 0 Å². The molecular weight excluding hydrogens is 217 g/mol. The van der Waals surface area contributed by atoms with Gasteiger partial charge in [-0.05, 0) is 6.42 Å². The smallest absolute Gasteiger partial charge is 0.320 e. The third-order valence-corrected chi connectivity index (χ3v) is 2.02. The summed E-state index contributed by atoms with van der Waals surface area (Å²) < 4.78 is 5.35. The van der Waals surface area contributed by atoms with Crippen LogP contribution in [0.5, 0.6) is 6.01 Å². The number of fused-ring (bicyclic) bond motifs is 1. The van der Waals surface area contributed by atoms with Crippen LogP contribution in [0.25, 0.3) is 11.2 Å². The average Bonchev–Trinajstić information content (AvgIpc) is 2.66. The number of H-pyrrole nitrogens is 1. The van der Waals surface area contributed by atoms with E-state index in [1.54, 1.807) is 0 Å². The van der Waals surface area contributed by atoms with Crippen LogP contribution in [0, 0.1) is 0 Å². The van der Waals surface area contributed by atoms with E-state index in [9.17, 15) is 0 Å². The first-order chi connectivity index (χ1) is 7.31. The van der Waals surface area contributed by atoms with E-state index in [1.807, 2.05) is 0 Å². The second-order valence-corrected chi connectivity index (χ2v) is 3.19. The summed E-state index contributed by atoms with van der Waals surface area (Å²) in [5, 5.41) is 0. The second-order valence-electron chi connectivity index (χ2n) is 3.19. The van der Waals surface area contributed by atoms with Crippen molar-refractivity contribution in [3.8, 4) is 6.01 Å². The maximum absolute atomic E-state index is 5.70. The first-order valence-corrected chi connectivity index (χ1v) is 4.90. The number of nitrogens with two attached hydrogens (primary N) is 1. The molecule has 2 aromatic rings. The number of aromatic amines is 1. The van der Waals surface area contributed by atoms with Gasteiger partial charge in [-0.2, -0.15) is 9.97 Å². The van der Waals surface area contributed by atoms with E-state index in [0.29, 0.717) is 29.6 Å². The van der Waals surface area contributed by atoms with Gasteiger partial charge in [0.25, 0.3) is 0 Å². The Morgan fingerprint density at radius 3 is 3.00 bits per heavy atom. The molecule has 0 atom stereocenters. The molecule has 0 amide bonds. The molecule has 0 saturated heterocycles. The number of nitrogens with one attached hydrogen (secondary N) is 1. The van der Waals surface area contributed by atoms with Crippen molar-refractivity contribution in [1.29, 1.82) is 0 Å². The Kier molecular flexibility index (Phi) is 4.98. The summed E-state index contributed by atoms with van der Waals surface area (Å²) in [7, 11) is 0. The van der Waals surface area contributed by atoms with E-state index in [-0.39, 0.29) is 29.6 Å². The molecule has 0 aliphatic rings. The number of nitrogen functional groups attached to an aromatic ring is 1. The number of anilines is 1. The molecule has 6 nitrogen and oxygen atoms in total. The molecule has 0 saturated carbocycles. The van der Waals surface area contributed by atoms with E-state index in [0.717, 1.165) is 12.8 Å². The molecule has 16 heavy (non-hydrogen) atoms. The van der Waals surface area contributed by atoms with Crippen LogP contribution in [0.1, 0.15) is 19.8 Å². The zero-order chi connectivity index (χ0) is 10.7. The number of hydrogen-bond donors (Lipinski definition) is 2. The van der Waals surface area contributed by atoms with Crippen molar-refractivity contribution in [3.63, 3.8) is 0 Å². The van der Waals surface area contributed by atoms with Crippen molar-refractivity contribution < 1.29 is 4.74 Å². The fourth-order valence-corrected chi connectivity index (χ4v) is 1.21. The quantitative estimate of drug-likeness (QED) is 0.597. The predicted octanol–water partition coefficient (Wildman–Crippen LogP) is 0.733. The van der Waals surface area contributed by atoms with Gasteiger partial charge >= 0.3 is 6.01 Å². The van der Waals surface area contributed by atoms with Gasteiger partial charge in [0, 0.05) is 29.6 Å². The number of imidazole rings is 1. The van der Waals surface area contributed by atoms with Gasteiger partial charge in [0.15, 0.2) is 11.5 Å². The molecule has 2 rings (SSSR count). The van der Waals surface area contributed by atoms with Gasteiger partial charge in [-0.15, -0.1) is 0 Å². The zero-order valence-corrected chi connectivity index (χ0v) is 11.5. The van der Waals surface area contributed by atoms with Crippen molar-refractivity contribution in [2.45, 2.75) is 19.8 Å². The standard InChI is InChI=1S/C9H13N5O.Na/c1-2-3-4-15-9-13-7(10)6-8(14-9)12-5-11-6;/h5H,2-4H2,1H3,(H3,10,11,12,13,14);. The van der Waals surface area contributed by atoms with Gasteiger partial charge in [-0.25, -0.2) is 4.98 Å². The van der Waals surface area contributed by atoms with Gasteiger partial charge < -0.3 is 15.5 Å². The molecule has 2 aromatic heterocycles. The van der Waals surface area contributed by atoms with Gasteiger partial charge in [0.05, 0.1) is 12.9 Å². The molecule has 3 N–H and O–H groups in total. The van der Waals surface area contributed by atoms with Crippen molar-refractivity contribution in [2.24, 2.45) is 0 Å². The zero-order valence-electron chi connectivity index (χ0n) is 9.53. The van der Waals surface area contributed by atoms with Crippen LogP contribution in [0.15, 0.2) is 6.33 Å². The Balaban J connectivity index is 0.00000128. The molecule has 2 heterocycles. The molecule has 0 unspecified atom stereocenters. The van der Waals surface area contributed by atoms with E-state index in [4.69, 9.17) is 10.5 Å². The number of ether oxygens (including phenoxy) is 1. The Hall–Kier alpha value is -0.850. The minimum atomic E-state index is 0. The maximum Gasteiger partial charge on any atom is 0.320 e. The third-order valence-electron chi connectivity index (χ3n) is 2.02. The number of hydrogen-bond acceptors (Lipinski definition) is 5. The summed E-state index contributed by atoms with van der Waals surface area (Å²) in [6, 6.07) is 0.292. The fourth-order valence-electron chi connectivity index (χ4n) is 1.21. The van der Waals surface area contributed by atoms with Gasteiger partial charge in [0.2, 0.25) is 0 Å². The third kappa shape index (κ3) is 2.84. The number of aromatic nitrogens is 4. The Morgan fingerprint density at radius 1 is 1.44 bits per heavy atom. The monoisotopic (exact) mass is 230 g/mol. The molecule has 0 aliphatic heterocycles. The van der Waals surface area contributed by atoms with Crippen LogP contribution in [-0.4, -0.2) is 56.1 Å². The summed E-state index contributed by atoms with van der Waals surface area (Å²) in [5.41, 5.74) is 6.89. The summed E-state index contributed by atoms with van der Waals surface area (Å²) in [6.07, 6.45) is 3.58. The summed E-state index contributed by atoms with van der Waals surface area (Å²) in [4.78, 5) is 15.0. The van der Waals surface area contributed by atoms with Crippen LogP contribution in [-0.2, 0) is 0 Å². The molecule has 1 radical (unpaired) electrons. The average molecular weight is 230 g/mol. The summed E-state index contributed by atoms with van der Waals surface area (Å²) >= 11 is 0. The largest absolute Gasteiger partial charge is 0.463 e. The van der Waals surface area contributed by atoms with E-state index >= 15 is 0 Å². The second kappa shape index (κ2) is 6.03. The molecule has 0 spiro atoms. The molecule has 7 heteroatoms. The van der Waals surface area contributed by atoms with Crippen molar-refractivity contribution >= 4 is 46.5 Å². The van der Waals surface area contributed by atoms with E-state index in [1.165, 1.54) is 6.33 Å². The molecular formula is C9H13N5NaO. The van der Waals surface area contributed by atoms with Crippen LogP contribution in [0.4, 0.5) is 5.82 Å². The number of nitrogens with zero attached hydrogens (tertiary/aromatic N) is 3. The van der Waals surface area contributed by atoms with Crippen LogP contribution >= 0.6 is 0 Å². The van der Waals surface area contributed by atoms with Crippen molar-refractivity contribution in [3.05, 3.63) is 6.33 Å². The molecule has 0 bridgehead atoms. The van der Waals surface area contributed by atoms with Gasteiger partial charge in [-0.1, -0.05) is 13.3 Å². The summed E-state index contributed by atoms with van der Waals surface area (Å²) in [6.45, 7) is 2.70.